The van der Waals surface area contributed by atoms with E-state index in [9.17, 15) is 4.79 Å². The van der Waals surface area contributed by atoms with Crippen molar-refractivity contribution >= 4 is 11.6 Å². The third-order valence-corrected chi connectivity index (χ3v) is 3.79. The average molecular weight is 301 g/mol. The van der Waals surface area contributed by atoms with Gasteiger partial charge in [0.15, 0.2) is 0 Å². The maximum Gasteiger partial charge on any atom is 0.257 e. The molecule has 1 fully saturated rings. The molecule has 7 heteroatoms. The zero-order valence-corrected chi connectivity index (χ0v) is 12.7. The summed E-state index contributed by atoms with van der Waals surface area (Å²) in [6.07, 6.45) is 6.33. The number of aryl methyl sites for hydroxylation is 1. The van der Waals surface area contributed by atoms with Crippen LogP contribution in [0.15, 0.2) is 30.7 Å². The molecule has 1 saturated heterocycles. The number of carbonyl (C=O) groups is 1. The number of carbonyl (C=O) groups excluding carboxylic acids is 1. The number of anilines is 1. The highest BCUT2D eigenvalue weighted by Gasteiger charge is 2.26. The lowest BCUT2D eigenvalue weighted by atomic mass is 10.2. The maximum atomic E-state index is 12.4. The molecule has 1 aliphatic rings. The van der Waals surface area contributed by atoms with Gasteiger partial charge in [-0.25, -0.2) is 4.98 Å². The predicted molar refractivity (Wildman–Crippen MR) is 82.1 cm³/mol. The zero-order chi connectivity index (χ0) is 15.5. The van der Waals surface area contributed by atoms with E-state index in [0.29, 0.717) is 11.4 Å². The van der Waals surface area contributed by atoms with Crippen molar-refractivity contribution in [2.24, 2.45) is 7.05 Å². The summed E-state index contributed by atoms with van der Waals surface area (Å²) in [5.41, 5.74) is 1.54. The van der Waals surface area contributed by atoms with Crippen LogP contribution in [0, 0.1) is 0 Å². The molecule has 22 heavy (non-hydrogen) atoms. The van der Waals surface area contributed by atoms with Crippen LogP contribution in [0.4, 0.5) is 5.69 Å². The Morgan fingerprint density at radius 2 is 2.36 bits per heavy atom. The SMILES string of the molecule is COc1ncccc1C(=O)N[C@H]1CCN(c2cnn(C)c2)C1. The van der Waals surface area contributed by atoms with Gasteiger partial charge in [0.05, 0.1) is 19.0 Å². The summed E-state index contributed by atoms with van der Waals surface area (Å²) in [6.45, 7) is 1.68. The number of hydrogen-bond acceptors (Lipinski definition) is 5. The Balaban J connectivity index is 1.63. The summed E-state index contributed by atoms with van der Waals surface area (Å²) in [6, 6.07) is 3.56. The summed E-state index contributed by atoms with van der Waals surface area (Å²) in [5, 5.41) is 7.23. The predicted octanol–water partition coefficient (Wildman–Crippen LogP) is 0.832. The number of aromatic nitrogens is 3. The lowest BCUT2D eigenvalue weighted by molar-refractivity contribution is 0.0936. The summed E-state index contributed by atoms with van der Waals surface area (Å²) in [4.78, 5) is 18.6. The van der Waals surface area contributed by atoms with Gasteiger partial charge in [0.1, 0.15) is 5.56 Å². The van der Waals surface area contributed by atoms with Gasteiger partial charge in [-0.05, 0) is 18.6 Å². The van der Waals surface area contributed by atoms with E-state index >= 15 is 0 Å². The third-order valence-electron chi connectivity index (χ3n) is 3.79. The van der Waals surface area contributed by atoms with Gasteiger partial charge in [-0.15, -0.1) is 0 Å². The van der Waals surface area contributed by atoms with Gasteiger partial charge in [-0.2, -0.15) is 5.10 Å². The Bertz CT molecular complexity index is 669. The molecule has 7 nitrogen and oxygen atoms in total. The molecule has 0 bridgehead atoms. The minimum absolute atomic E-state index is 0.109. The molecular formula is C15H19N5O2. The minimum atomic E-state index is -0.150. The van der Waals surface area contributed by atoms with E-state index < -0.39 is 0 Å². The molecule has 2 aromatic heterocycles. The Hall–Kier alpha value is -2.57. The monoisotopic (exact) mass is 301 g/mol. The molecule has 2 aromatic rings. The molecule has 1 N–H and O–H groups in total. The summed E-state index contributed by atoms with van der Waals surface area (Å²) in [5.74, 6) is 0.199. The first kappa shape index (κ1) is 14.4. The number of amides is 1. The largest absolute Gasteiger partial charge is 0.480 e. The smallest absolute Gasteiger partial charge is 0.257 e. The van der Waals surface area contributed by atoms with Crippen LogP contribution in [0.1, 0.15) is 16.8 Å². The van der Waals surface area contributed by atoms with Crippen molar-refractivity contribution in [2.75, 3.05) is 25.1 Å². The topological polar surface area (TPSA) is 72.3 Å². The lowest BCUT2D eigenvalue weighted by Gasteiger charge is -2.17. The van der Waals surface area contributed by atoms with Gasteiger partial charge >= 0.3 is 0 Å². The average Bonchev–Trinajstić information content (AvgIpc) is 3.16. The van der Waals surface area contributed by atoms with Gasteiger partial charge in [-0.1, -0.05) is 0 Å². The van der Waals surface area contributed by atoms with Crippen LogP contribution in [0.25, 0.3) is 0 Å². The van der Waals surface area contributed by atoms with Crippen molar-refractivity contribution in [2.45, 2.75) is 12.5 Å². The van der Waals surface area contributed by atoms with Gasteiger partial charge in [0.2, 0.25) is 5.88 Å². The second kappa shape index (κ2) is 6.05. The number of pyridine rings is 1. The van der Waals surface area contributed by atoms with Crippen LogP contribution in [-0.2, 0) is 7.05 Å². The third kappa shape index (κ3) is 2.88. The molecule has 0 radical (unpaired) electrons. The zero-order valence-electron chi connectivity index (χ0n) is 12.7. The standard InChI is InChI=1S/C15H19N5O2/c1-19-10-12(8-17-19)20-7-5-11(9-20)18-14(21)13-4-3-6-16-15(13)22-2/h3-4,6,8,10-11H,5,7,9H2,1-2H3,(H,18,21)/t11-/m0/s1. The van der Waals surface area contributed by atoms with Crippen LogP contribution in [0.3, 0.4) is 0 Å². The van der Waals surface area contributed by atoms with E-state index in [1.807, 2.05) is 19.4 Å². The van der Waals surface area contributed by atoms with Crippen molar-refractivity contribution in [1.82, 2.24) is 20.1 Å². The highest BCUT2D eigenvalue weighted by Crippen LogP contribution is 2.20. The first-order chi connectivity index (χ1) is 10.7. The summed E-state index contributed by atoms with van der Waals surface area (Å²) in [7, 11) is 3.41. The Kier molecular flexibility index (Phi) is 3.95. The second-order valence-electron chi connectivity index (χ2n) is 5.34. The molecule has 0 saturated carbocycles. The molecule has 0 unspecified atom stereocenters. The number of hydrogen-bond donors (Lipinski definition) is 1. The molecule has 116 valence electrons. The van der Waals surface area contributed by atoms with Crippen LogP contribution in [-0.4, -0.2) is 46.9 Å². The lowest BCUT2D eigenvalue weighted by Crippen LogP contribution is -2.37. The molecular weight excluding hydrogens is 282 g/mol. The fraction of sp³-hybridized carbons (Fsp3) is 0.400. The fourth-order valence-electron chi connectivity index (χ4n) is 2.67. The Morgan fingerprint density at radius 1 is 1.50 bits per heavy atom. The van der Waals surface area contributed by atoms with E-state index in [1.165, 1.54) is 7.11 Å². The number of rotatable bonds is 4. The van der Waals surface area contributed by atoms with E-state index in [2.05, 4.69) is 20.3 Å². The van der Waals surface area contributed by atoms with Gasteiger partial charge in [0.25, 0.3) is 5.91 Å². The molecule has 1 atom stereocenters. The van der Waals surface area contributed by atoms with Crippen LogP contribution >= 0.6 is 0 Å². The van der Waals surface area contributed by atoms with E-state index in [1.54, 1.807) is 23.0 Å². The minimum Gasteiger partial charge on any atom is -0.480 e. The van der Waals surface area contributed by atoms with Gasteiger partial charge in [0, 0.05) is 38.6 Å². The van der Waals surface area contributed by atoms with Crippen LogP contribution < -0.4 is 15.0 Å². The van der Waals surface area contributed by atoms with E-state index in [-0.39, 0.29) is 11.9 Å². The van der Waals surface area contributed by atoms with Crippen molar-refractivity contribution in [3.05, 3.63) is 36.3 Å². The number of nitrogens with zero attached hydrogens (tertiary/aromatic N) is 4. The van der Waals surface area contributed by atoms with Crippen molar-refractivity contribution in [3.63, 3.8) is 0 Å². The van der Waals surface area contributed by atoms with E-state index in [0.717, 1.165) is 25.2 Å². The second-order valence-corrected chi connectivity index (χ2v) is 5.34. The van der Waals surface area contributed by atoms with Crippen LogP contribution in [0.2, 0.25) is 0 Å². The molecule has 0 aromatic carbocycles. The normalized spacial score (nSPS) is 17.5. The van der Waals surface area contributed by atoms with Crippen molar-refractivity contribution < 1.29 is 9.53 Å². The highest BCUT2D eigenvalue weighted by atomic mass is 16.5. The molecule has 0 aliphatic carbocycles. The van der Waals surface area contributed by atoms with Gasteiger partial charge in [-0.3, -0.25) is 9.48 Å². The molecule has 3 rings (SSSR count). The fourth-order valence-corrected chi connectivity index (χ4v) is 2.67. The molecule has 3 heterocycles. The highest BCUT2D eigenvalue weighted by molar-refractivity contribution is 5.96. The molecule has 1 amide bonds. The van der Waals surface area contributed by atoms with Crippen molar-refractivity contribution in [1.29, 1.82) is 0 Å². The molecule has 0 spiro atoms. The number of methoxy groups -OCH3 is 1. The molecule has 1 aliphatic heterocycles. The van der Waals surface area contributed by atoms with Crippen LogP contribution in [0.5, 0.6) is 5.88 Å². The Labute approximate surface area is 128 Å². The summed E-state index contributed by atoms with van der Waals surface area (Å²) < 4.78 is 6.91. The maximum absolute atomic E-state index is 12.4. The summed E-state index contributed by atoms with van der Waals surface area (Å²) >= 11 is 0. The van der Waals surface area contributed by atoms with Gasteiger partial charge < -0.3 is 15.0 Å². The quantitative estimate of drug-likeness (QED) is 0.905. The Morgan fingerprint density at radius 3 is 3.09 bits per heavy atom. The number of ether oxygens (including phenoxy) is 1. The van der Waals surface area contributed by atoms with Crippen molar-refractivity contribution in [3.8, 4) is 5.88 Å². The number of nitrogens with one attached hydrogen (secondary N) is 1. The van der Waals surface area contributed by atoms with E-state index in [4.69, 9.17) is 4.74 Å². The first-order valence-electron chi connectivity index (χ1n) is 7.21. The first-order valence-corrected chi connectivity index (χ1v) is 7.21.